The molecule has 0 aromatic carbocycles. The van der Waals surface area contributed by atoms with Crippen LogP contribution in [0, 0.1) is 0 Å². The summed E-state index contributed by atoms with van der Waals surface area (Å²) in [5.41, 5.74) is 1.08. The maximum absolute atomic E-state index is 5.85. The van der Waals surface area contributed by atoms with Gasteiger partial charge < -0.3 is 15.0 Å². The lowest BCUT2D eigenvalue weighted by Crippen LogP contribution is -2.26. The monoisotopic (exact) mass is 264 g/mol. The van der Waals surface area contributed by atoms with Crippen LogP contribution in [0.3, 0.4) is 0 Å². The van der Waals surface area contributed by atoms with Crippen molar-refractivity contribution in [3.8, 4) is 5.88 Å². The Labute approximate surface area is 115 Å². The van der Waals surface area contributed by atoms with Crippen molar-refractivity contribution in [1.29, 1.82) is 0 Å². The Morgan fingerprint density at radius 1 is 1.42 bits per heavy atom. The molecular formula is C14H24N4O. The van der Waals surface area contributed by atoms with Gasteiger partial charge in [0.15, 0.2) is 0 Å². The summed E-state index contributed by atoms with van der Waals surface area (Å²) in [6.45, 7) is 3.79. The lowest BCUT2D eigenvalue weighted by atomic mass is 10.2. The Morgan fingerprint density at radius 2 is 2.21 bits per heavy atom. The van der Waals surface area contributed by atoms with Gasteiger partial charge in [0.25, 0.3) is 0 Å². The summed E-state index contributed by atoms with van der Waals surface area (Å²) < 4.78 is 5.85. The summed E-state index contributed by atoms with van der Waals surface area (Å²) in [6, 6.07) is 0.775. The van der Waals surface area contributed by atoms with Crippen LogP contribution in [-0.2, 0) is 6.42 Å². The lowest BCUT2D eigenvalue weighted by Gasteiger charge is -2.17. The van der Waals surface area contributed by atoms with Gasteiger partial charge in [0.05, 0.1) is 5.56 Å². The Bertz CT molecular complexity index is 406. The molecule has 0 atom stereocenters. The first-order chi connectivity index (χ1) is 9.26. The van der Waals surface area contributed by atoms with E-state index in [-0.39, 0.29) is 0 Å². The van der Waals surface area contributed by atoms with E-state index in [1.807, 2.05) is 7.05 Å². The minimum absolute atomic E-state index is 0.684. The largest absolute Gasteiger partial charge is 0.476 e. The normalized spacial score (nSPS) is 14.7. The highest BCUT2D eigenvalue weighted by Crippen LogP contribution is 2.26. The van der Waals surface area contributed by atoms with Crippen LogP contribution in [-0.4, -0.2) is 48.2 Å². The summed E-state index contributed by atoms with van der Waals surface area (Å²) in [5, 5.41) is 3.11. The van der Waals surface area contributed by atoms with Crippen LogP contribution in [0.4, 0.5) is 5.82 Å². The number of ether oxygens (including phenoxy) is 1. The van der Waals surface area contributed by atoms with Gasteiger partial charge in [0, 0.05) is 19.6 Å². The fourth-order valence-electron chi connectivity index (χ4n) is 2.20. The van der Waals surface area contributed by atoms with E-state index in [2.05, 4.69) is 34.2 Å². The standard InChI is InChI=1S/C14H24N4O/c1-4-5-12-13(15-2)16-10-17-14(12)19-9-8-18(3)11-6-7-11/h10-11H,4-9H2,1-3H3,(H,15,16,17). The van der Waals surface area contributed by atoms with Gasteiger partial charge in [-0.2, -0.15) is 0 Å². The molecule has 0 aliphatic heterocycles. The predicted molar refractivity (Wildman–Crippen MR) is 76.7 cm³/mol. The molecule has 1 aromatic heterocycles. The second kappa shape index (κ2) is 6.70. The Morgan fingerprint density at radius 3 is 2.84 bits per heavy atom. The summed E-state index contributed by atoms with van der Waals surface area (Å²) in [4.78, 5) is 10.9. The Kier molecular flexibility index (Phi) is 4.96. The van der Waals surface area contributed by atoms with Crippen LogP contribution >= 0.6 is 0 Å². The summed E-state index contributed by atoms with van der Waals surface area (Å²) in [6.07, 6.45) is 6.21. The zero-order valence-corrected chi connectivity index (χ0v) is 12.1. The van der Waals surface area contributed by atoms with Crippen molar-refractivity contribution < 1.29 is 4.74 Å². The van der Waals surface area contributed by atoms with E-state index in [0.717, 1.165) is 42.7 Å². The van der Waals surface area contributed by atoms with Crippen molar-refractivity contribution in [2.24, 2.45) is 0 Å². The van der Waals surface area contributed by atoms with Crippen LogP contribution in [0.2, 0.25) is 0 Å². The molecule has 0 bridgehead atoms. The molecule has 1 aromatic rings. The number of rotatable bonds is 8. The fourth-order valence-corrected chi connectivity index (χ4v) is 2.20. The summed E-state index contributed by atoms with van der Waals surface area (Å²) >= 11 is 0. The molecule has 0 radical (unpaired) electrons. The highest BCUT2D eigenvalue weighted by molar-refractivity contribution is 5.48. The molecule has 1 aliphatic rings. The topological polar surface area (TPSA) is 50.3 Å². The molecule has 1 fully saturated rings. The molecule has 19 heavy (non-hydrogen) atoms. The van der Waals surface area contributed by atoms with E-state index < -0.39 is 0 Å². The van der Waals surface area contributed by atoms with Crippen molar-refractivity contribution in [1.82, 2.24) is 14.9 Å². The van der Waals surface area contributed by atoms with Crippen molar-refractivity contribution in [3.05, 3.63) is 11.9 Å². The van der Waals surface area contributed by atoms with Crippen LogP contribution < -0.4 is 10.1 Å². The fraction of sp³-hybridized carbons (Fsp3) is 0.714. The van der Waals surface area contributed by atoms with Gasteiger partial charge in [-0.05, 0) is 26.3 Å². The van der Waals surface area contributed by atoms with Gasteiger partial charge in [-0.25, -0.2) is 9.97 Å². The van der Waals surface area contributed by atoms with Crippen LogP contribution in [0.5, 0.6) is 5.88 Å². The second-order valence-electron chi connectivity index (χ2n) is 5.07. The molecule has 0 saturated heterocycles. The van der Waals surface area contributed by atoms with Crippen LogP contribution in [0.25, 0.3) is 0 Å². The van der Waals surface area contributed by atoms with Crippen LogP contribution in [0.1, 0.15) is 31.7 Å². The summed E-state index contributed by atoms with van der Waals surface area (Å²) in [7, 11) is 4.04. The maximum Gasteiger partial charge on any atom is 0.221 e. The van der Waals surface area contributed by atoms with E-state index in [9.17, 15) is 0 Å². The molecule has 2 rings (SSSR count). The SMILES string of the molecule is CCCc1c(NC)ncnc1OCCN(C)C1CC1. The first kappa shape index (κ1) is 14.1. The number of hydrogen-bond acceptors (Lipinski definition) is 5. The smallest absolute Gasteiger partial charge is 0.221 e. The highest BCUT2D eigenvalue weighted by Gasteiger charge is 2.25. The van der Waals surface area contributed by atoms with E-state index in [1.54, 1.807) is 6.33 Å². The summed E-state index contributed by atoms with van der Waals surface area (Å²) in [5.74, 6) is 1.60. The average molecular weight is 264 g/mol. The quantitative estimate of drug-likeness (QED) is 0.777. The third kappa shape index (κ3) is 3.80. The number of nitrogens with one attached hydrogen (secondary N) is 1. The van der Waals surface area contributed by atoms with Gasteiger partial charge in [0.1, 0.15) is 18.8 Å². The third-order valence-electron chi connectivity index (χ3n) is 3.50. The first-order valence-corrected chi connectivity index (χ1v) is 7.11. The highest BCUT2D eigenvalue weighted by atomic mass is 16.5. The van der Waals surface area contributed by atoms with Crippen LogP contribution in [0.15, 0.2) is 6.33 Å². The Balaban J connectivity index is 1.93. The van der Waals surface area contributed by atoms with Gasteiger partial charge >= 0.3 is 0 Å². The molecule has 5 nitrogen and oxygen atoms in total. The Hall–Kier alpha value is -1.36. The van der Waals surface area contributed by atoms with Crippen molar-refractivity contribution >= 4 is 5.82 Å². The van der Waals surface area contributed by atoms with E-state index >= 15 is 0 Å². The van der Waals surface area contributed by atoms with Crippen molar-refractivity contribution in [2.45, 2.75) is 38.6 Å². The first-order valence-electron chi connectivity index (χ1n) is 7.11. The van der Waals surface area contributed by atoms with Crippen molar-refractivity contribution in [2.75, 3.05) is 32.6 Å². The molecule has 5 heteroatoms. The maximum atomic E-state index is 5.85. The second-order valence-corrected chi connectivity index (χ2v) is 5.07. The molecule has 1 N–H and O–H groups in total. The zero-order chi connectivity index (χ0) is 13.7. The number of likely N-dealkylation sites (N-methyl/N-ethyl adjacent to an activating group) is 1. The zero-order valence-electron chi connectivity index (χ0n) is 12.1. The average Bonchev–Trinajstić information content (AvgIpc) is 3.25. The molecule has 1 saturated carbocycles. The third-order valence-corrected chi connectivity index (χ3v) is 3.50. The molecule has 1 aliphatic carbocycles. The molecule has 106 valence electrons. The minimum Gasteiger partial charge on any atom is -0.476 e. The molecule has 0 spiro atoms. The van der Waals surface area contributed by atoms with Gasteiger partial charge in [-0.3, -0.25) is 0 Å². The van der Waals surface area contributed by atoms with E-state index in [0.29, 0.717) is 6.61 Å². The molecule has 0 unspecified atom stereocenters. The van der Waals surface area contributed by atoms with E-state index in [1.165, 1.54) is 12.8 Å². The number of hydrogen-bond donors (Lipinski definition) is 1. The number of nitrogens with zero attached hydrogens (tertiary/aromatic N) is 3. The molecule has 0 amide bonds. The van der Waals surface area contributed by atoms with Crippen molar-refractivity contribution in [3.63, 3.8) is 0 Å². The lowest BCUT2D eigenvalue weighted by molar-refractivity contribution is 0.225. The predicted octanol–water partition coefficient (Wildman–Crippen LogP) is 1.94. The minimum atomic E-state index is 0.684. The van der Waals surface area contributed by atoms with Gasteiger partial charge in [-0.1, -0.05) is 13.3 Å². The number of aromatic nitrogens is 2. The van der Waals surface area contributed by atoms with Gasteiger partial charge in [-0.15, -0.1) is 0 Å². The molecular weight excluding hydrogens is 240 g/mol. The molecule has 1 heterocycles. The van der Waals surface area contributed by atoms with E-state index in [4.69, 9.17) is 4.74 Å². The van der Waals surface area contributed by atoms with Gasteiger partial charge in [0.2, 0.25) is 5.88 Å². The number of anilines is 1.